The van der Waals surface area contributed by atoms with E-state index < -0.39 is 130 Å². The van der Waals surface area contributed by atoms with Gasteiger partial charge in [0.2, 0.25) is 4.77 Å². The molecule has 0 bridgehead atoms. The summed E-state index contributed by atoms with van der Waals surface area (Å²) >= 11 is 14.5. The maximum atomic E-state index is 13.9. The molecule has 64 heavy (non-hydrogen) atoms. The molecule has 2 aromatic heterocycles. The molecule has 0 saturated carbocycles. The SMILES string of the molecule is C#CC1(O)[C@@H](O)[C@@H](COP(=O)(O)OP(=O)(O)OP(=O)(O)O)O[C@H]1n1cc(F)c(=S)[nH]c1=S.C#CC1(O)[C@@H](O)[C@@H](COP(=O)(O)OP(=O)(O)OP(=O)(O)O)O[C@H]1n1cc(F)c(N)nc1=S. The van der Waals surface area contributed by atoms with Crippen molar-refractivity contribution in [2.24, 2.45) is 0 Å². The Kier molecular flexibility index (Phi) is 18.0. The molecule has 42 heteroatoms. The standard InChI is InChI=1S/C11H15FN3O13P3S.C11H14FN2O13P3S2/c1-2-11(17)7(16)6(26-9(11)15-3-5(12)8(13)14-10(15)32)4-25-30(21,22)28-31(23,24)27-29(18,19)20;1-2-11(16)7(15)6(25-9(11)14-3-5(12)8(31)13-10(14)32)4-24-29(20,21)27-30(22,23)26-28(17,18)19/h1,3,6-7,9,16-17H,4H2,(H,21,22)(H,23,24)(H2,13,14,32)(H2,18,19,20);1,3,6-7,9,15-16H,4H2,(H,20,21)(H,22,23)(H,13,31,32)(H2,17,18,19)/t2*6-,7+,9-,11?/m11/s1. The number of ether oxygens (including phenoxy) is 2. The highest BCUT2D eigenvalue weighted by atomic mass is 32.1. The summed E-state index contributed by atoms with van der Waals surface area (Å²) < 4.78 is 129. The van der Waals surface area contributed by atoms with Crippen molar-refractivity contribution in [3.63, 3.8) is 0 Å². The number of aromatic nitrogens is 4. The van der Waals surface area contributed by atoms with Crippen LogP contribution in [0.2, 0.25) is 0 Å². The molecule has 2 fully saturated rings. The van der Waals surface area contributed by atoms with Crippen LogP contribution in [-0.4, -0.2) is 128 Å². The van der Waals surface area contributed by atoms with E-state index in [0.29, 0.717) is 17.0 Å². The van der Waals surface area contributed by atoms with Crippen LogP contribution in [0.3, 0.4) is 0 Å². The number of hydrogen-bond donors (Lipinski definition) is 14. The first-order chi connectivity index (χ1) is 28.8. The Morgan fingerprint density at radius 3 is 1.47 bits per heavy atom. The van der Waals surface area contributed by atoms with Crippen LogP contribution >= 0.6 is 83.6 Å². The predicted octanol–water partition coefficient (Wildman–Crippen LogP) is -0.320. The van der Waals surface area contributed by atoms with Gasteiger partial charge < -0.3 is 79.8 Å². The van der Waals surface area contributed by atoms with Crippen LogP contribution in [0.4, 0.5) is 14.6 Å². The Labute approximate surface area is 368 Å². The largest absolute Gasteiger partial charge is 0.490 e. The number of nitrogens with zero attached hydrogens (tertiary/aromatic N) is 3. The molecule has 0 spiro atoms. The fraction of sp³-hybridized carbons (Fsp3) is 0.455. The number of halogens is 2. The van der Waals surface area contributed by atoms with Crippen molar-refractivity contribution in [1.82, 2.24) is 19.1 Å². The van der Waals surface area contributed by atoms with Gasteiger partial charge in [-0.05, 0) is 24.4 Å². The number of nitrogens with one attached hydrogen (secondary N) is 1. The van der Waals surface area contributed by atoms with Gasteiger partial charge in [-0.3, -0.25) is 18.2 Å². The van der Waals surface area contributed by atoms with Crippen LogP contribution < -0.4 is 5.73 Å². The number of hydrogen-bond acceptors (Lipinski definition) is 23. The smallest absolute Gasteiger partial charge is 0.386 e. The molecule has 2 saturated heterocycles. The second-order valence-corrected chi connectivity index (χ2v) is 22.0. The summed E-state index contributed by atoms with van der Waals surface area (Å²) in [5.74, 6) is 0.974. The number of anilines is 1. The van der Waals surface area contributed by atoms with Gasteiger partial charge in [0.05, 0.1) is 13.2 Å². The van der Waals surface area contributed by atoms with Gasteiger partial charge in [-0.15, -0.1) is 12.8 Å². The lowest BCUT2D eigenvalue weighted by atomic mass is 9.95. The average Bonchev–Trinajstić information content (AvgIpc) is 3.51. The second kappa shape index (κ2) is 20.4. The molecule has 2 aliphatic heterocycles. The molecule has 0 aliphatic carbocycles. The summed E-state index contributed by atoms with van der Waals surface area (Å²) in [6, 6.07) is 0. The highest BCUT2D eigenvalue weighted by Gasteiger charge is 2.58. The van der Waals surface area contributed by atoms with Crippen molar-refractivity contribution < 1.29 is 132 Å². The number of phosphoric acid groups is 6. The molecule has 360 valence electrons. The van der Waals surface area contributed by atoms with Gasteiger partial charge in [-0.1, -0.05) is 24.1 Å². The van der Waals surface area contributed by atoms with Crippen molar-refractivity contribution >= 4 is 89.4 Å². The minimum atomic E-state index is -5.79. The maximum Gasteiger partial charge on any atom is 0.490 e. The number of H-pyrrole nitrogens is 1. The van der Waals surface area contributed by atoms with E-state index in [9.17, 15) is 66.4 Å². The van der Waals surface area contributed by atoms with Crippen molar-refractivity contribution in [1.29, 1.82) is 0 Å². The van der Waals surface area contributed by atoms with Crippen molar-refractivity contribution in [3.05, 3.63) is 38.2 Å². The van der Waals surface area contributed by atoms with Crippen LogP contribution in [0.25, 0.3) is 0 Å². The van der Waals surface area contributed by atoms with Crippen LogP contribution in [-0.2, 0) is 63.2 Å². The summed E-state index contributed by atoms with van der Waals surface area (Å²) in [6.45, 7) is -2.28. The zero-order valence-corrected chi connectivity index (χ0v) is 38.2. The van der Waals surface area contributed by atoms with Crippen molar-refractivity contribution in [2.45, 2.75) is 48.1 Å². The molecule has 15 N–H and O–H groups in total. The van der Waals surface area contributed by atoms with Crippen molar-refractivity contribution in [2.75, 3.05) is 18.9 Å². The molecule has 31 nitrogen and oxygen atoms in total. The number of rotatable bonds is 16. The van der Waals surface area contributed by atoms with E-state index >= 15 is 0 Å². The van der Waals surface area contributed by atoms with E-state index in [2.05, 4.69) is 48.5 Å². The molecule has 0 radical (unpaired) electrons. The van der Waals surface area contributed by atoms with Gasteiger partial charge in [0.15, 0.2) is 45.9 Å². The summed E-state index contributed by atoms with van der Waals surface area (Å²) in [7, 11) is -33.9. The molecule has 6 unspecified atom stereocenters. The number of phosphoric ester groups is 2. The second-order valence-electron chi connectivity index (χ2n) is 12.0. The Morgan fingerprint density at radius 2 is 1.09 bits per heavy atom. The highest BCUT2D eigenvalue weighted by molar-refractivity contribution is 7.72. The average molecular weight is 1100 g/mol. The summed E-state index contributed by atoms with van der Waals surface area (Å²) in [6.07, 6.45) is 0.729. The molecular weight excluding hydrogens is 1070 g/mol. The summed E-state index contributed by atoms with van der Waals surface area (Å²) in [5.41, 5.74) is 0.0906. The van der Waals surface area contributed by atoms with Gasteiger partial charge in [-0.2, -0.15) is 22.2 Å². The van der Waals surface area contributed by atoms with Gasteiger partial charge in [-0.25, -0.2) is 36.2 Å². The molecule has 0 aromatic carbocycles. The third-order valence-electron chi connectivity index (χ3n) is 7.43. The first-order valence-electron chi connectivity index (χ1n) is 15.5. The molecule has 0 amide bonds. The lowest BCUT2D eigenvalue weighted by Gasteiger charge is -2.27. The highest BCUT2D eigenvalue weighted by Crippen LogP contribution is 2.67. The number of nitrogens with two attached hydrogens (primary N) is 1. The van der Waals surface area contributed by atoms with Gasteiger partial charge in [0.1, 0.15) is 29.1 Å². The first-order valence-corrected chi connectivity index (χ1v) is 25.8. The normalized spacial score (nSPS) is 29.8. The van der Waals surface area contributed by atoms with Gasteiger partial charge in [0.25, 0.3) is 0 Å². The van der Waals surface area contributed by atoms with Crippen LogP contribution in [0.1, 0.15) is 12.5 Å². The lowest BCUT2D eigenvalue weighted by Crippen LogP contribution is -2.46. The number of aliphatic hydroxyl groups excluding tert-OH is 2. The number of aromatic amines is 1. The topological polar surface area (TPSA) is 484 Å². The molecule has 4 rings (SSSR count). The van der Waals surface area contributed by atoms with Gasteiger partial charge in [0, 0.05) is 12.4 Å². The Hall–Kier alpha value is -1.82. The van der Waals surface area contributed by atoms with E-state index in [1.807, 2.05) is 11.8 Å². The number of terminal acetylenes is 2. The fourth-order valence-corrected chi connectivity index (χ4v) is 11.6. The lowest BCUT2D eigenvalue weighted by molar-refractivity contribution is -0.0755. The fourth-order valence-electron chi connectivity index (χ4n) is 4.88. The minimum Gasteiger partial charge on any atom is -0.386 e. The van der Waals surface area contributed by atoms with E-state index in [1.165, 1.54) is 0 Å². The van der Waals surface area contributed by atoms with Crippen LogP contribution in [0.5, 0.6) is 0 Å². The zero-order valence-electron chi connectivity index (χ0n) is 30.4. The maximum absolute atomic E-state index is 13.9. The monoisotopic (exact) mass is 1100 g/mol. The van der Waals surface area contributed by atoms with Crippen LogP contribution in [0.15, 0.2) is 12.4 Å². The molecule has 2 aliphatic rings. The van der Waals surface area contributed by atoms with E-state index in [1.54, 1.807) is 0 Å². The Morgan fingerprint density at radius 1 is 0.719 bits per heavy atom. The third kappa shape index (κ3) is 14.6. The van der Waals surface area contributed by atoms with E-state index in [-0.39, 0.29) is 9.41 Å². The minimum absolute atomic E-state index is 0.282. The predicted molar refractivity (Wildman–Crippen MR) is 205 cm³/mol. The zero-order chi connectivity index (χ0) is 49.4. The Bertz CT molecular complexity index is 2690. The summed E-state index contributed by atoms with van der Waals surface area (Å²) in [4.78, 5) is 76.9. The van der Waals surface area contributed by atoms with Crippen LogP contribution in [0, 0.1) is 50.5 Å². The van der Waals surface area contributed by atoms with Gasteiger partial charge >= 0.3 is 46.9 Å². The Balaban J connectivity index is 0.000000340. The number of nitrogen functional groups attached to an aromatic ring is 1. The van der Waals surface area contributed by atoms with E-state index in [4.69, 9.17) is 81.9 Å². The first kappa shape index (κ1) is 56.5. The molecule has 12 atom stereocenters. The number of aliphatic hydroxyl groups is 4. The van der Waals surface area contributed by atoms with E-state index in [0.717, 1.165) is 4.57 Å². The van der Waals surface area contributed by atoms with Crippen molar-refractivity contribution in [3.8, 4) is 24.7 Å². The molecular formula is C22H29F2N5O26P6S3. The molecule has 2 aromatic rings. The quantitative estimate of drug-likeness (QED) is 0.0582. The summed E-state index contributed by atoms with van der Waals surface area (Å²) in [5, 5.41) is 41.9. The molecule has 4 heterocycles. The third-order valence-corrected chi connectivity index (χ3v) is 15.9.